The van der Waals surface area contributed by atoms with Gasteiger partial charge in [-0.2, -0.15) is 25.5 Å². The van der Waals surface area contributed by atoms with E-state index in [0.717, 1.165) is 17.1 Å². The average molecular weight is 736 g/mol. The van der Waals surface area contributed by atoms with Gasteiger partial charge in [-0.25, -0.2) is 0 Å². The first-order chi connectivity index (χ1) is 19.6. The molecule has 5 nitrogen and oxygen atoms in total. The number of fused-ring (bicyclic) bond motifs is 1. The largest absolute Gasteiger partial charge is 4.00 e. The van der Waals surface area contributed by atoms with E-state index in [2.05, 4.69) is 118 Å². The van der Waals surface area contributed by atoms with Crippen molar-refractivity contribution >= 4 is 17.1 Å². The quantitative estimate of drug-likeness (QED) is 0.193. The molecule has 2 aliphatic heterocycles. The fourth-order valence-corrected chi connectivity index (χ4v) is 5.48. The molecule has 0 saturated heterocycles. The van der Waals surface area contributed by atoms with Gasteiger partial charge in [0.05, 0.1) is 0 Å². The molecule has 42 heavy (non-hydrogen) atoms. The Morgan fingerprint density at radius 3 is 2.02 bits per heavy atom. The molecule has 0 spiro atoms. The first-order valence-corrected chi connectivity index (χ1v) is 14.0. The number of hydrogen-bond donors (Lipinski definition) is 0. The van der Waals surface area contributed by atoms with Crippen LogP contribution in [0.25, 0.3) is 0 Å². The maximum atomic E-state index is 6.26. The maximum Gasteiger partial charge on any atom is 4.00 e. The van der Waals surface area contributed by atoms with Gasteiger partial charge in [0.1, 0.15) is 0 Å². The Hall–Kier alpha value is -3.53. The maximum absolute atomic E-state index is 6.26. The van der Waals surface area contributed by atoms with Crippen molar-refractivity contribution in [2.45, 2.75) is 38.6 Å². The van der Waals surface area contributed by atoms with Gasteiger partial charge in [0, 0.05) is 22.7 Å². The zero-order chi connectivity index (χ0) is 28.8. The average Bonchev–Trinajstić information content (AvgIpc) is 3.41. The molecule has 0 saturated carbocycles. The molecule has 6 rings (SSSR count). The van der Waals surface area contributed by atoms with Crippen molar-refractivity contribution in [2.24, 2.45) is 0 Å². The molecule has 0 aromatic heterocycles. The van der Waals surface area contributed by atoms with Gasteiger partial charge in [-0.05, 0) is 61.6 Å². The number of anilines is 3. The van der Waals surface area contributed by atoms with Crippen LogP contribution < -0.4 is 14.5 Å². The molecule has 216 valence electrons. The molecule has 6 heteroatoms. The van der Waals surface area contributed by atoms with Crippen LogP contribution in [0.5, 0.6) is 11.5 Å². The summed E-state index contributed by atoms with van der Waals surface area (Å²) in [5.41, 5.74) is 6.53. The third-order valence-electron chi connectivity index (χ3n) is 8.03. The van der Waals surface area contributed by atoms with Crippen LogP contribution in [0, 0.1) is 25.5 Å². The van der Waals surface area contributed by atoms with Gasteiger partial charge in [-0.1, -0.05) is 63.2 Å². The first-order valence-electron chi connectivity index (χ1n) is 14.0. The second-order valence-corrected chi connectivity index (χ2v) is 11.9. The molecule has 2 heterocycles. The van der Waals surface area contributed by atoms with E-state index in [1.165, 1.54) is 16.7 Å². The van der Waals surface area contributed by atoms with Gasteiger partial charge in [0.15, 0.2) is 0 Å². The molecule has 4 aromatic carbocycles. The number of nitrogens with zero attached hydrogens (tertiary/aromatic N) is 4. The number of benzene rings is 4. The van der Waals surface area contributed by atoms with E-state index < -0.39 is 0 Å². The zero-order valence-electron chi connectivity index (χ0n) is 24.9. The van der Waals surface area contributed by atoms with Crippen molar-refractivity contribution in [2.75, 3.05) is 23.9 Å². The molecule has 0 amide bonds. The Balaban J connectivity index is 0.00000353. The Bertz CT molecular complexity index is 1580. The number of ether oxygens (including phenoxy) is 1. The third kappa shape index (κ3) is 5.61. The Morgan fingerprint density at radius 1 is 0.738 bits per heavy atom. The zero-order valence-corrected chi connectivity index (χ0v) is 27.2. The minimum absolute atomic E-state index is 0. The van der Waals surface area contributed by atoms with Crippen LogP contribution in [-0.4, -0.2) is 23.9 Å². The number of rotatable bonds is 5. The van der Waals surface area contributed by atoms with Crippen LogP contribution in [0.3, 0.4) is 0 Å². The summed E-state index contributed by atoms with van der Waals surface area (Å²) in [7, 11) is 4.14. The topological polar surface area (TPSA) is 22.2 Å². The second-order valence-electron chi connectivity index (χ2n) is 11.9. The fourth-order valence-electron chi connectivity index (χ4n) is 5.48. The van der Waals surface area contributed by atoms with E-state index in [1.807, 2.05) is 66.2 Å². The van der Waals surface area contributed by atoms with E-state index in [9.17, 15) is 0 Å². The second kappa shape index (κ2) is 11.6. The molecule has 0 bridgehead atoms. The van der Waals surface area contributed by atoms with E-state index in [0.29, 0.717) is 11.5 Å². The monoisotopic (exact) mass is 735 g/mol. The molecule has 0 radical (unpaired) electrons. The first kappa shape index (κ1) is 29.9. The van der Waals surface area contributed by atoms with Gasteiger partial charge in [0.2, 0.25) is 0 Å². The molecule has 2 aliphatic rings. The normalized spacial score (nSPS) is 18.6. The summed E-state index contributed by atoms with van der Waals surface area (Å²) in [6.07, 6.45) is 3.99. The van der Waals surface area contributed by atoms with Gasteiger partial charge < -0.3 is 24.3 Å². The van der Waals surface area contributed by atoms with E-state index in [1.54, 1.807) is 0 Å². The molecule has 1 unspecified atom stereocenters. The smallest absolute Gasteiger partial charge is 0.510 e. The minimum atomic E-state index is -0.331. The summed E-state index contributed by atoms with van der Waals surface area (Å²) in [5, 5.41) is 0. The van der Waals surface area contributed by atoms with E-state index in [-0.39, 0.29) is 32.0 Å². The molecule has 0 N–H and O–H groups in total. The summed E-state index contributed by atoms with van der Waals surface area (Å²) < 4.78 is 6.26. The third-order valence-corrected chi connectivity index (χ3v) is 8.03. The van der Waals surface area contributed by atoms with Gasteiger partial charge in [0.25, 0.3) is 0 Å². The molecule has 0 fully saturated rings. The summed E-state index contributed by atoms with van der Waals surface area (Å²) >= 11 is 0. The predicted molar refractivity (Wildman–Crippen MR) is 167 cm³/mol. The Morgan fingerprint density at radius 2 is 1.38 bits per heavy atom. The summed E-state index contributed by atoms with van der Waals surface area (Å²) in [4.78, 5) is 8.48. The minimum Gasteiger partial charge on any atom is -0.510 e. The van der Waals surface area contributed by atoms with Crippen LogP contribution in [0.1, 0.15) is 44.4 Å². The van der Waals surface area contributed by atoms with Crippen molar-refractivity contribution in [3.8, 4) is 11.5 Å². The van der Waals surface area contributed by atoms with Crippen molar-refractivity contribution in [3.05, 3.63) is 139 Å². The Kier molecular flexibility index (Phi) is 8.29. The van der Waals surface area contributed by atoms with Gasteiger partial charge in [-0.15, -0.1) is 47.8 Å². The van der Waals surface area contributed by atoms with Crippen molar-refractivity contribution in [1.29, 1.82) is 0 Å². The molecular weight excluding hydrogens is 700 g/mol. The van der Waals surface area contributed by atoms with Gasteiger partial charge in [-0.3, -0.25) is 0 Å². The van der Waals surface area contributed by atoms with Gasteiger partial charge >= 0.3 is 21.1 Å². The molecule has 1 atom stereocenters. The standard InChI is InChI=1S/C36H36N4O.Pt/c1-35(2,3)27-17-19-28(20-18-27)36(4)33-15-7-8-16-34(33)40(26-38(36)6)30-12-10-14-32(24-30)41-31-13-9-11-29(23-31)39-22-21-37(5)25-39;/h7-22,25-26H,1-6H3;/q-4;+4. The summed E-state index contributed by atoms with van der Waals surface area (Å²) in [6.45, 7) is 13.2. The van der Waals surface area contributed by atoms with Crippen LogP contribution >= 0.6 is 0 Å². The van der Waals surface area contributed by atoms with Crippen LogP contribution in [0.15, 0.2) is 97.3 Å². The van der Waals surface area contributed by atoms with Crippen molar-refractivity contribution in [3.63, 3.8) is 0 Å². The SMILES string of the molecule is CN1C=CN(c2[c-]c(Oc3[c-]c(N4[CH-]N(C)C(C)(c5ccc(C(C)(C)C)cc5)c5ccccc54)ccc3)ccc2)[CH-]1.[Pt+4]. The van der Waals surface area contributed by atoms with Crippen molar-refractivity contribution in [1.82, 2.24) is 9.80 Å². The molecule has 0 aliphatic carbocycles. The van der Waals surface area contributed by atoms with Crippen LogP contribution in [-0.2, 0) is 32.0 Å². The van der Waals surface area contributed by atoms with E-state index in [4.69, 9.17) is 4.74 Å². The van der Waals surface area contributed by atoms with Crippen molar-refractivity contribution < 1.29 is 25.8 Å². The summed E-state index contributed by atoms with van der Waals surface area (Å²) in [6, 6.07) is 36.5. The Labute approximate surface area is 265 Å². The van der Waals surface area contributed by atoms with Crippen LogP contribution in [0.4, 0.5) is 17.1 Å². The molecular formula is C36H36N4OPt. The fraction of sp³-hybridized carbons (Fsp3) is 0.222. The number of hydrogen-bond acceptors (Lipinski definition) is 5. The van der Waals surface area contributed by atoms with E-state index >= 15 is 0 Å². The predicted octanol–water partition coefficient (Wildman–Crippen LogP) is 8.18. The molecule has 4 aromatic rings. The van der Waals surface area contributed by atoms with Crippen LogP contribution in [0.2, 0.25) is 0 Å². The number of para-hydroxylation sites is 1. The summed E-state index contributed by atoms with van der Waals surface area (Å²) in [5.74, 6) is 1.27.